The number of hydrogen-bond acceptors (Lipinski definition) is 5. The predicted octanol–water partition coefficient (Wildman–Crippen LogP) is 4.27. The van der Waals surface area contributed by atoms with Crippen LogP contribution in [0.5, 0.6) is 0 Å². The molecule has 0 fully saturated rings. The Labute approximate surface area is 163 Å². The molecule has 0 amide bonds. The highest BCUT2D eigenvalue weighted by atomic mass is 19.1. The molecule has 0 saturated heterocycles. The van der Waals surface area contributed by atoms with E-state index in [1.54, 1.807) is 36.7 Å². The fourth-order valence-corrected chi connectivity index (χ4v) is 3.13. The summed E-state index contributed by atoms with van der Waals surface area (Å²) in [5.74, 6) is -0.417. The van der Waals surface area contributed by atoms with Gasteiger partial charge in [-0.25, -0.2) is 13.9 Å². The molecule has 144 valence electrons. The van der Waals surface area contributed by atoms with Crippen molar-refractivity contribution >= 4 is 5.69 Å². The first-order chi connectivity index (χ1) is 14.0. The van der Waals surface area contributed by atoms with Crippen LogP contribution in [0.25, 0.3) is 22.4 Å². The number of rotatable bonds is 5. The van der Waals surface area contributed by atoms with Crippen LogP contribution in [0.1, 0.15) is 5.56 Å². The maximum atomic E-state index is 13.4. The van der Waals surface area contributed by atoms with Gasteiger partial charge in [-0.05, 0) is 35.4 Å². The van der Waals surface area contributed by atoms with E-state index in [0.29, 0.717) is 22.4 Å². The van der Waals surface area contributed by atoms with E-state index in [-0.39, 0.29) is 17.8 Å². The molecule has 0 unspecified atom stereocenters. The summed E-state index contributed by atoms with van der Waals surface area (Å²) >= 11 is 0. The van der Waals surface area contributed by atoms with E-state index in [1.807, 2.05) is 0 Å². The van der Waals surface area contributed by atoms with Crippen molar-refractivity contribution in [2.24, 2.45) is 0 Å². The molecular weight excluding hydrogens is 377 g/mol. The Kier molecular flexibility index (Phi) is 4.74. The van der Waals surface area contributed by atoms with E-state index in [0.717, 1.165) is 0 Å². The zero-order chi connectivity index (χ0) is 20.4. The van der Waals surface area contributed by atoms with Crippen LogP contribution in [0.3, 0.4) is 0 Å². The Morgan fingerprint density at radius 3 is 2.45 bits per heavy atom. The monoisotopic (exact) mass is 391 g/mol. The van der Waals surface area contributed by atoms with Gasteiger partial charge in [-0.3, -0.25) is 15.1 Å². The third-order valence-corrected chi connectivity index (χ3v) is 4.42. The molecule has 0 aliphatic carbocycles. The molecule has 4 aromatic rings. The summed E-state index contributed by atoms with van der Waals surface area (Å²) < 4.78 is 20.2. The molecule has 29 heavy (non-hydrogen) atoms. The Bertz CT molecular complexity index is 1230. The van der Waals surface area contributed by atoms with Gasteiger partial charge in [0.2, 0.25) is 0 Å². The second kappa shape index (κ2) is 7.51. The summed E-state index contributed by atoms with van der Waals surface area (Å²) in [5.41, 5.74) is 1.89. The second-order valence-corrected chi connectivity index (χ2v) is 6.31. The summed E-state index contributed by atoms with van der Waals surface area (Å²) in [6, 6.07) is 15.1. The van der Waals surface area contributed by atoms with E-state index in [4.69, 9.17) is 4.52 Å². The Morgan fingerprint density at radius 2 is 1.76 bits per heavy atom. The highest BCUT2D eigenvalue weighted by molar-refractivity contribution is 5.80. The van der Waals surface area contributed by atoms with Crippen molar-refractivity contribution in [3.63, 3.8) is 0 Å². The summed E-state index contributed by atoms with van der Waals surface area (Å²) in [6.45, 7) is 0.107. The van der Waals surface area contributed by atoms with E-state index in [2.05, 4.69) is 4.98 Å². The molecular formula is C21H14FN3O4. The highest BCUT2D eigenvalue weighted by Gasteiger charge is 2.21. The number of nitrogens with zero attached hydrogens (tertiary/aromatic N) is 3. The molecule has 0 aliphatic rings. The minimum Gasteiger partial charge on any atom is -0.335 e. The van der Waals surface area contributed by atoms with Crippen molar-refractivity contribution in [3.8, 4) is 22.4 Å². The third-order valence-electron chi connectivity index (χ3n) is 4.42. The summed E-state index contributed by atoms with van der Waals surface area (Å²) in [4.78, 5) is 27.2. The quantitative estimate of drug-likeness (QED) is 0.374. The van der Waals surface area contributed by atoms with Crippen molar-refractivity contribution in [1.29, 1.82) is 0 Å². The van der Waals surface area contributed by atoms with Crippen molar-refractivity contribution in [2.45, 2.75) is 6.54 Å². The van der Waals surface area contributed by atoms with Gasteiger partial charge in [0.05, 0.1) is 22.7 Å². The van der Waals surface area contributed by atoms with Crippen LogP contribution in [-0.2, 0) is 6.54 Å². The van der Waals surface area contributed by atoms with Crippen LogP contribution in [0.4, 0.5) is 10.1 Å². The molecule has 0 radical (unpaired) electrons. The number of nitro groups is 1. The lowest BCUT2D eigenvalue weighted by molar-refractivity contribution is -0.384. The molecule has 0 bridgehead atoms. The van der Waals surface area contributed by atoms with Gasteiger partial charge in [0.1, 0.15) is 5.82 Å². The molecule has 8 heteroatoms. The predicted molar refractivity (Wildman–Crippen MR) is 104 cm³/mol. The lowest BCUT2D eigenvalue weighted by Gasteiger charge is -2.09. The first-order valence-corrected chi connectivity index (χ1v) is 8.67. The van der Waals surface area contributed by atoms with Gasteiger partial charge in [-0.1, -0.05) is 24.3 Å². The molecule has 2 aromatic heterocycles. The zero-order valence-corrected chi connectivity index (χ0v) is 15.0. The van der Waals surface area contributed by atoms with Gasteiger partial charge >= 0.3 is 5.63 Å². The van der Waals surface area contributed by atoms with Gasteiger partial charge in [0.15, 0.2) is 0 Å². The molecule has 2 aromatic carbocycles. The highest BCUT2D eigenvalue weighted by Crippen LogP contribution is 2.31. The first kappa shape index (κ1) is 18.3. The Hall–Kier alpha value is -4.07. The number of benzene rings is 2. The summed E-state index contributed by atoms with van der Waals surface area (Å²) in [5, 5.41) is 11.1. The number of pyridine rings is 1. The fourth-order valence-electron chi connectivity index (χ4n) is 3.13. The minimum absolute atomic E-state index is 0.0544. The van der Waals surface area contributed by atoms with E-state index >= 15 is 0 Å². The Balaban J connectivity index is 1.87. The average Bonchev–Trinajstić information content (AvgIpc) is 3.05. The van der Waals surface area contributed by atoms with Crippen LogP contribution < -0.4 is 5.63 Å². The van der Waals surface area contributed by atoms with Crippen LogP contribution in [0.2, 0.25) is 0 Å². The maximum Gasteiger partial charge on any atom is 0.365 e. The first-order valence-electron chi connectivity index (χ1n) is 8.67. The fraction of sp³-hybridized carbons (Fsp3) is 0.0476. The van der Waals surface area contributed by atoms with Gasteiger partial charge in [-0.15, -0.1) is 0 Å². The van der Waals surface area contributed by atoms with Gasteiger partial charge in [-0.2, -0.15) is 0 Å². The van der Waals surface area contributed by atoms with E-state index < -0.39 is 16.4 Å². The average molecular weight is 391 g/mol. The van der Waals surface area contributed by atoms with Crippen molar-refractivity contribution in [1.82, 2.24) is 9.72 Å². The van der Waals surface area contributed by atoms with E-state index in [1.165, 1.54) is 41.1 Å². The minimum atomic E-state index is -0.589. The van der Waals surface area contributed by atoms with Crippen molar-refractivity contribution in [2.75, 3.05) is 0 Å². The molecule has 0 atom stereocenters. The molecule has 7 nitrogen and oxygen atoms in total. The Morgan fingerprint density at radius 1 is 1.03 bits per heavy atom. The number of nitro benzene ring substituents is 1. The maximum absolute atomic E-state index is 13.4. The van der Waals surface area contributed by atoms with Gasteiger partial charge in [0, 0.05) is 30.1 Å². The molecule has 0 aliphatic heterocycles. The lowest BCUT2D eigenvalue weighted by Crippen LogP contribution is -2.02. The SMILES string of the molecule is O=c1on(Cc2cccc([N+](=O)[O-])c2)c(-c2ccncc2)c1-c1ccc(F)cc1. The van der Waals surface area contributed by atoms with Crippen molar-refractivity contribution < 1.29 is 13.8 Å². The van der Waals surface area contributed by atoms with Gasteiger partial charge < -0.3 is 4.52 Å². The van der Waals surface area contributed by atoms with Crippen molar-refractivity contribution in [3.05, 3.63) is 105 Å². The standard InChI is InChI=1S/C21H14FN3O4/c22-17-6-4-15(5-7-17)19-20(16-8-10-23-11-9-16)24(29-21(19)26)13-14-2-1-3-18(12-14)25(27)28/h1-12H,13H2. The lowest BCUT2D eigenvalue weighted by atomic mass is 10.0. The summed E-state index contributed by atoms with van der Waals surface area (Å²) in [6.07, 6.45) is 3.16. The van der Waals surface area contributed by atoms with Crippen LogP contribution in [-0.4, -0.2) is 14.6 Å². The van der Waals surface area contributed by atoms with Crippen LogP contribution in [0, 0.1) is 15.9 Å². The number of non-ortho nitro benzene ring substituents is 1. The molecule has 4 rings (SSSR count). The van der Waals surface area contributed by atoms with Gasteiger partial charge in [0.25, 0.3) is 5.69 Å². The topological polar surface area (TPSA) is 91.2 Å². The number of halogens is 1. The molecule has 0 spiro atoms. The number of aromatic nitrogens is 2. The van der Waals surface area contributed by atoms with E-state index in [9.17, 15) is 19.3 Å². The van der Waals surface area contributed by atoms with Crippen LogP contribution >= 0.6 is 0 Å². The molecule has 2 heterocycles. The summed E-state index contributed by atoms with van der Waals surface area (Å²) in [7, 11) is 0. The third kappa shape index (κ3) is 3.68. The molecule has 0 saturated carbocycles. The largest absolute Gasteiger partial charge is 0.365 e. The van der Waals surface area contributed by atoms with Crippen LogP contribution in [0.15, 0.2) is 82.4 Å². The number of hydrogen-bond donors (Lipinski definition) is 0. The normalized spacial score (nSPS) is 10.8. The smallest absolute Gasteiger partial charge is 0.335 e. The second-order valence-electron chi connectivity index (χ2n) is 6.31. The zero-order valence-electron chi connectivity index (χ0n) is 15.0. The molecule has 0 N–H and O–H groups in total.